The lowest BCUT2D eigenvalue weighted by Crippen LogP contribution is -2.80. The summed E-state index contributed by atoms with van der Waals surface area (Å²) in [5.41, 5.74) is 2.32. The molecule has 1 saturated heterocycles. The van der Waals surface area contributed by atoms with Gasteiger partial charge < -0.3 is 47.4 Å². The second kappa shape index (κ2) is 16.0. The number of methoxy groups -OCH3 is 6. The Morgan fingerprint density at radius 1 is 0.552 bits per heavy atom. The molecule has 4 heterocycles. The molecule has 1 fully saturated rings. The third kappa shape index (κ3) is 6.94. The Balaban J connectivity index is 1.33. The highest BCUT2D eigenvalue weighted by Crippen LogP contribution is 2.47. The molecule has 3 aromatic carbocycles. The van der Waals surface area contributed by atoms with E-state index in [9.17, 15) is 19.2 Å². The van der Waals surface area contributed by atoms with Crippen molar-refractivity contribution in [2.75, 3.05) is 55.7 Å². The molecule has 0 N–H and O–H groups in total. The monoisotopic (exact) mass is 797 g/mol. The maximum atomic E-state index is 13.4. The van der Waals surface area contributed by atoms with Gasteiger partial charge in [-0.05, 0) is 52.9 Å². The molecular formula is C41H39N3O14. The van der Waals surface area contributed by atoms with Gasteiger partial charge in [0.2, 0.25) is 11.5 Å². The Morgan fingerprint density at radius 2 is 1.02 bits per heavy atom. The van der Waals surface area contributed by atoms with Crippen molar-refractivity contribution >= 4 is 34.6 Å². The summed E-state index contributed by atoms with van der Waals surface area (Å²) in [6.07, 6.45) is 5.04. The van der Waals surface area contributed by atoms with Gasteiger partial charge in [-0.25, -0.2) is 29.0 Å². The summed E-state index contributed by atoms with van der Waals surface area (Å²) in [5, 5.41) is 1.40. The first-order chi connectivity index (χ1) is 28.0. The fourth-order valence-corrected chi connectivity index (χ4v) is 7.24. The van der Waals surface area contributed by atoms with Gasteiger partial charge in [-0.2, -0.15) is 0 Å². The summed E-state index contributed by atoms with van der Waals surface area (Å²) < 4.78 is 57.3. The fraction of sp³-hybridized carbons (Fsp3) is 0.293. The molecular weight excluding hydrogens is 758 g/mol. The maximum absolute atomic E-state index is 13.4. The van der Waals surface area contributed by atoms with Crippen LogP contribution in [0.1, 0.15) is 11.1 Å². The van der Waals surface area contributed by atoms with Gasteiger partial charge in [0.15, 0.2) is 23.0 Å². The van der Waals surface area contributed by atoms with Gasteiger partial charge in [0, 0.05) is 67.6 Å². The third-order valence-corrected chi connectivity index (χ3v) is 9.78. The molecule has 58 heavy (non-hydrogen) atoms. The molecule has 7 rings (SSSR count). The number of piperazine rings is 1. The Hall–Kier alpha value is -6.85. The van der Waals surface area contributed by atoms with Gasteiger partial charge in [-0.15, -0.1) is 0 Å². The van der Waals surface area contributed by atoms with E-state index in [0.717, 1.165) is 24.3 Å². The number of ether oxygens (including phenoxy) is 10. The standard InChI is InChI=1S/C41H39N3O14/c1-49-30-20-27(21-31(50-2)38(30)53-5)29-18-25(13-14-42-29)23-44-16-15-43(22-24-7-8-28-26(17-24)19-32(51-3)39(54-6)37(28)52-4)40(55-33(45)9-10-34(46)56-40)41(44)57-35(47)11-12-36(48)58-41/h7-14,17-21H,15-16,22-23H2,1-6H3. The summed E-state index contributed by atoms with van der Waals surface area (Å²) in [7, 11) is 9.02. The smallest absolute Gasteiger partial charge is 0.420 e. The van der Waals surface area contributed by atoms with Crippen molar-refractivity contribution in [1.29, 1.82) is 0 Å². The van der Waals surface area contributed by atoms with Crippen LogP contribution < -0.4 is 28.4 Å². The zero-order chi connectivity index (χ0) is 41.2. The van der Waals surface area contributed by atoms with E-state index in [-0.39, 0.29) is 26.2 Å². The lowest BCUT2D eigenvalue weighted by molar-refractivity contribution is -0.465. The summed E-state index contributed by atoms with van der Waals surface area (Å²) in [6, 6.07) is 14.1. The van der Waals surface area contributed by atoms with E-state index in [0.29, 0.717) is 67.7 Å². The predicted molar refractivity (Wildman–Crippen MR) is 202 cm³/mol. The molecule has 4 aromatic rings. The van der Waals surface area contributed by atoms with Crippen molar-refractivity contribution in [3.63, 3.8) is 0 Å². The van der Waals surface area contributed by atoms with Crippen molar-refractivity contribution in [2.45, 2.75) is 24.9 Å². The fourth-order valence-electron chi connectivity index (χ4n) is 7.24. The number of hydrogen-bond donors (Lipinski definition) is 0. The van der Waals surface area contributed by atoms with Crippen LogP contribution in [0.15, 0.2) is 79.0 Å². The van der Waals surface area contributed by atoms with E-state index in [1.54, 1.807) is 48.7 Å². The second-order valence-corrected chi connectivity index (χ2v) is 13.0. The van der Waals surface area contributed by atoms with E-state index in [1.165, 1.54) is 52.5 Å². The third-order valence-electron chi connectivity index (χ3n) is 9.78. The molecule has 0 radical (unpaired) electrons. The number of benzene rings is 3. The van der Waals surface area contributed by atoms with Crippen LogP contribution in [0.2, 0.25) is 0 Å². The van der Waals surface area contributed by atoms with Crippen molar-refractivity contribution in [1.82, 2.24) is 14.8 Å². The number of rotatable bonds is 11. The van der Waals surface area contributed by atoms with Crippen LogP contribution in [0.3, 0.4) is 0 Å². The number of esters is 4. The lowest BCUT2D eigenvalue weighted by atomic mass is 10.0. The molecule has 0 atom stereocenters. The first-order valence-electron chi connectivity index (χ1n) is 17.8. The van der Waals surface area contributed by atoms with Crippen molar-refractivity contribution < 1.29 is 66.5 Å². The molecule has 0 aliphatic carbocycles. The van der Waals surface area contributed by atoms with Crippen molar-refractivity contribution in [3.8, 4) is 45.8 Å². The van der Waals surface area contributed by atoms with E-state index in [1.807, 2.05) is 6.07 Å². The quantitative estimate of drug-likeness (QED) is 0.199. The van der Waals surface area contributed by atoms with E-state index < -0.39 is 35.7 Å². The van der Waals surface area contributed by atoms with E-state index >= 15 is 0 Å². The van der Waals surface area contributed by atoms with Gasteiger partial charge in [0.25, 0.3) is 0 Å². The van der Waals surface area contributed by atoms with Crippen LogP contribution >= 0.6 is 0 Å². The minimum atomic E-state index is -2.69. The number of carbonyl (C=O) groups excluding carboxylic acids is 4. The van der Waals surface area contributed by atoms with Gasteiger partial charge >= 0.3 is 35.7 Å². The second-order valence-electron chi connectivity index (χ2n) is 13.0. The molecule has 0 saturated carbocycles. The highest BCUT2D eigenvalue weighted by atomic mass is 16.8. The summed E-state index contributed by atoms with van der Waals surface area (Å²) in [4.78, 5) is 61.1. The maximum Gasteiger partial charge on any atom is 0.420 e. The van der Waals surface area contributed by atoms with Crippen molar-refractivity contribution in [3.05, 3.63) is 90.2 Å². The Labute approximate surface area is 332 Å². The Morgan fingerprint density at radius 3 is 1.48 bits per heavy atom. The number of aromatic nitrogens is 1. The van der Waals surface area contributed by atoms with E-state index in [4.69, 9.17) is 47.4 Å². The Kier molecular flexibility index (Phi) is 10.8. The molecule has 3 aliphatic heterocycles. The topological polar surface area (TPSA) is 180 Å². The van der Waals surface area contributed by atoms with Gasteiger partial charge in [-0.3, -0.25) is 4.98 Å². The molecule has 0 bridgehead atoms. The molecule has 1 aromatic heterocycles. The molecule has 3 aliphatic rings. The van der Waals surface area contributed by atoms with Crippen molar-refractivity contribution in [2.24, 2.45) is 0 Å². The van der Waals surface area contributed by atoms with Gasteiger partial charge in [0.1, 0.15) is 0 Å². The van der Waals surface area contributed by atoms with Crippen LogP contribution in [-0.2, 0) is 51.2 Å². The molecule has 0 amide bonds. The summed E-state index contributed by atoms with van der Waals surface area (Å²) in [6.45, 7) is -0.121. The average molecular weight is 798 g/mol. The summed E-state index contributed by atoms with van der Waals surface area (Å²) >= 11 is 0. The normalized spacial score (nSPS) is 17.5. The molecule has 302 valence electrons. The van der Waals surface area contributed by atoms with Crippen LogP contribution in [0.4, 0.5) is 0 Å². The summed E-state index contributed by atoms with van der Waals surface area (Å²) in [5.74, 6) is -7.04. The van der Waals surface area contributed by atoms with Crippen LogP contribution in [-0.4, -0.2) is 106 Å². The lowest BCUT2D eigenvalue weighted by Gasteiger charge is -2.55. The van der Waals surface area contributed by atoms with Crippen LogP contribution in [0, 0.1) is 0 Å². The molecule has 2 spiro atoms. The molecule has 17 nitrogen and oxygen atoms in total. The minimum Gasteiger partial charge on any atom is -0.493 e. The first-order valence-corrected chi connectivity index (χ1v) is 17.8. The average Bonchev–Trinajstić information content (AvgIpc) is 3.49. The molecule has 17 heteroatoms. The highest BCUT2D eigenvalue weighted by Gasteiger charge is 2.74. The Bertz CT molecular complexity index is 2290. The largest absolute Gasteiger partial charge is 0.493 e. The zero-order valence-corrected chi connectivity index (χ0v) is 32.4. The highest BCUT2D eigenvalue weighted by molar-refractivity contribution is 5.96. The number of nitrogens with zero attached hydrogens (tertiary/aromatic N) is 3. The molecule has 0 unspecified atom stereocenters. The van der Waals surface area contributed by atoms with E-state index in [2.05, 4.69) is 4.98 Å². The number of carbonyl (C=O) groups is 4. The number of fused-ring (bicyclic) bond motifs is 2. The minimum absolute atomic E-state index is 0.0269. The van der Waals surface area contributed by atoms with Gasteiger partial charge in [0.05, 0.1) is 48.4 Å². The number of hydrogen-bond acceptors (Lipinski definition) is 17. The van der Waals surface area contributed by atoms with Crippen LogP contribution in [0.5, 0.6) is 34.5 Å². The first kappa shape index (κ1) is 39.4. The zero-order valence-electron chi connectivity index (χ0n) is 32.4. The SMILES string of the molecule is COc1cc(-c2cc(CN3CCN(Cc4ccc5c(OC)c(OC)c(OC)cc5c4)C4(OC(=O)C=CC(=O)O4)C34OC(=O)C=CC(=O)O4)ccn2)cc(OC)c1OC. The van der Waals surface area contributed by atoms with Gasteiger partial charge in [-0.1, -0.05) is 12.1 Å². The predicted octanol–water partition coefficient (Wildman–Crippen LogP) is 3.89. The number of pyridine rings is 1. The van der Waals surface area contributed by atoms with Crippen LogP contribution in [0.25, 0.3) is 22.0 Å².